The number of carbonyl (C=O) groups is 2. The van der Waals surface area contributed by atoms with E-state index in [4.69, 9.17) is 5.11 Å². The van der Waals surface area contributed by atoms with Crippen molar-refractivity contribution >= 4 is 34.4 Å². The Kier molecular flexibility index (Phi) is 5.17. The van der Waals surface area contributed by atoms with Crippen LogP contribution < -0.4 is 5.32 Å². The van der Waals surface area contributed by atoms with E-state index in [-0.39, 0.29) is 16.8 Å². The number of benzene rings is 3. The lowest BCUT2D eigenvalue weighted by molar-refractivity contribution is -0.126. The molecule has 2 N–H and O–H groups in total. The largest absolute Gasteiger partial charge is 0.478 e. The Morgan fingerprint density at radius 2 is 1.54 bits per heavy atom. The molecule has 3 aromatic carbocycles. The number of rotatable bonds is 4. The van der Waals surface area contributed by atoms with Crippen LogP contribution in [-0.2, 0) is 4.79 Å². The van der Waals surface area contributed by atoms with Gasteiger partial charge in [-0.25, -0.2) is 4.79 Å². The van der Waals surface area contributed by atoms with Crippen molar-refractivity contribution in [3.8, 4) is 0 Å². The number of para-hydroxylation sites is 1. The highest BCUT2D eigenvalue weighted by Crippen LogP contribution is 2.30. The second-order valence-corrected chi connectivity index (χ2v) is 5.97. The predicted molar refractivity (Wildman–Crippen MR) is 100 cm³/mol. The Hall–Kier alpha value is -3.61. The van der Waals surface area contributed by atoms with Crippen LogP contribution in [-0.4, -0.2) is 23.2 Å². The van der Waals surface area contributed by atoms with Crippen molar-refractivity contribution in [2.75, 3.05) is 5.32 Å². The Balaban J connectivity index is 1.99. The van der Waals surface area contributed by atoms with Crippen LogP contribution in [0.2, 0.25) is 0 Å². The van der Waals surface area contributed by atoms with Crippen LogP contribution in [0.25, 0.3) is 16.8 Å². The average Bonchev–Trinajstić information content (AvgIpc) is 2.65. The van der Waals surface area contributed by atoms with Gasteiger partial charge in [0.2, 0.25) is 0 Å². The number of alkyl halides is 3. The summed E-state index contributed by atoms with van der Waals surface area (Å²) in [5, 5.41) is 12.8. The zero-order valence-corrected chi connectivity index (χ0v) is 14.3. The third-order valence-electron chi connectivity index (χ3n) is 4.04. The molecular formula is C21H14F3NO3. The minimum atomic E-state index is -4.92. The SMILES string of the molecule is O=C(Nc1ccccc1C(=O)O)/C(=C/c1ccc2ccccc2c1)C(F)(F)F. The lowest BCUT2D eigenvalue weighted by Crippen LogP contribution is -2.26. The second-order valence-electron chi connectivity index (χ2n) is 5.97. The number of carboxylic acid groups (broad SMARTS) is 1. The van der Waals surface area contributed by atoms with Crippen LogP contribution in [0.1, 0.15) is 15.9 Å². The number of fused-ring (bicyclic) bond motifs is 1. The van der Waals surface area contributed by atoms with Gasteiger partial charge in [-0.05, 0) is 40.6 Å². The van der Waals surface area contributed by atoms with Crippen molar-refractivity contribution in [1.29, 1.82) is 0 Å². The van der Waals surface area contributed by atoms with E-state index < -0.39 is 23.6 Å². The first-order valence-electron chi connectivity index (χ1n) is 8.17. The van der Waals surface area contributed by atoms with Gasteiger partial charge in [-0.3, -0.25) is 4.79 Å². The number of halogens is 3. The third kappa shape index (κ3) is 4.20. The molecule has 1 amide bonds. The fourth-order valence-corrected chi connectivity index (χ4v) is 2.71. The van der Waals surface area contributed by atoms with Gasteiger partial charge in [-0.15, -0.1) is 0 Å². The molecule has 7 heteroatoms. The first kappa shape index (κ1) is 19.2. The Labute approximate surface area is 157 Å². The third-order valence-corrected chi connectivity index (χ3v) is 4.04. The summed E-state index contributed by atoms with van der Waals surface area (Å²) in [7, 11) is 0. The Morgan fingerprint density at radius 3 is 2.21 bits per heavy atom. The molecule has 0 bridgehead atoms. The molecule has 0 heterocycles. The lowest BCUT2D eigenvalue weighted by Gasteiger charge is -2.14. The van der Waals surface area contributed by atoms with Crippen LogP contribution in [0.4, 0.5) is 18.9 Å². The fraction of sp³-hybridized carbons (Fsp3) is 0.0476. The Bertz CT molecular complexity index is 1090. The van der Waals surface area contributed by atoms with E-state index in [1.165, 1.54) is 30.3 Å². The van der Waals surface area contributed by atoms with Gasteiger partial charge in [0.1, 0.15) is 5.57 Å². The van der Waals surface area contributed by atoms with Crippen molar-refractivity contribution in [3.05, 3.63) is 83.4 Å². The molecule has 0 saturated carbocycles. The van der Waals surface area contributed by atoms with E-state index in [1.807, 2.05) is 17.4 Å². The molecule has 0 unspecified atom stereocenters. The monoisotopic (exact) mass is 385 g/mol. The minimum Gasteiger partial charge on any atom is -0.478 e. The highest BCUT2D eigenvalue weighted by Gasteiger charge is 2.39. The van der Waals surface area contributed by atoms with Gasteiger partial charge in [0.05, 0.1) is 11.3 Å². The lowest BCUT2D eigenvalue weighted by atomic mass is 10.0. The molecule has 0 saturated heterocycles. The zero-order valence-electron chi connectivity index (χ0n) is 14.3. The molecule has 142 valence electrons. The van der Waals surface area contributed by atoms with Gasteiger partial charge < -0.3 is 10.4 Å². The summed E-state index contributed by atoms with van der Waals surface area (Å²) in [5.41, 5.74) is -1.74. The molecular weight excluding hydrogens is 371 g/mol. The number of amides is 1. The van der Waals surface area contributed by atoms with Crippen LogP contribution in [0.15, 0.2) is 72.3 Å². The molecule has 3 rings (SSSR count). The van der Waals surface area contributed by atoms with E-state index in [2.05, 4.69) is 0 Å². The van der Waals surface area contributed by atoms with Crippen LogP contribution >= 0.6 is 0 Å². The summed E-state index contributed by atoms with van der Waals surface area (Å²) < 4.78 is 40.5. The first-order valence-corrected chi connectivity index (χ1v) is 8.17. The Morgan fingerprint density at radius 1 is 0.893 bits per heavy atom. The summed E-state index contributed by atoms with van der Waals surface area (Å²) >= 11 is 0. The summed E-state index contributed by atoms with van der Waals surface area (Å²) in [6, 6.07) is 17.1. The number of carboxylic acids is 1. The molecule has 0 spiro atoms. The van der Waals surface area contributed by atoms with Gasteiger partial charge >= 0.3 is 12.1 Å². The van der Waals surface area contributed by atoms with Gasteiger partial charge in [-0.2, -0.15) is 13.2 Å². The normalized spacial score (nSPS) is 12.0. The molecule has 0 aliphatic carbocycles. The van der Waals surface area contributed by atoms with E-state index in [0.29, 0.717) is 0 Å². The van der Waals surface area contributed by atoms with Crippen molar-refractivity contribution in [3.63, 3.8) is 0 Å². The molecule has 0 aliphatic rings. The number of nitrogens with one attached hydrogen (secondary N) is 1. The zero-order chi connectivity index (χ0) is 20.3. The van der Waals surface area contributed by atoms with Crippen molar-refractivity contribution in [2.24, 2.45) is 0 Å². The van der Waals surface area contributed by atoms with Crippen LogP contribution in [0, 0.1) is 0 Å². The van der Waals surface area contributed by atoms with Crippen molar-refractivity contribution in [2.45, 2.75) is 6.18 Å². The highest BCUT2D eigenvalue weighted by molar-refractivity contribution is 6.10. The summed E-state index contributed by atoms with van der Waals surface area (Å²) in [6.45, 7) is 0. The predicted octanol–water partition coefficient (Wildman–Crippen LogP) is 5.12. The van der Waals surface area contributed by atoms with Gasteiger partial charge in [-0.1, -0.05) is 48.5 Å². The van der Waals surface area contributed by atoms with E-state index >= 15 is 0 Å². The van der Waals surface area contributed by atoms with Crippen LogP contribution in [0.3, 0.4) is 0 Å². The molecule has 4 nitrogen and oxygen atoms in total. The molecule has 0 fully saturated rings. The number of carbonyl (C=O) groups excluding carboxylic acids is 1. The molecule has 0 aromatic heterocycles. The smallest absolute Gasteiger partial charge is 0.421 e. The summed E-state index contributed by atoms with van der Waals surface area (Å²) in [5.74, 6) is -2.79. The molecule has 0 aliphatic heterocycles. The second kappa shape index (κ2) is 7.56. The van der Waals surface area contributed by atoms with Gasteiger partial charge in [0.15, 0.2) is 0 Å². The molecule has 0 atom stereocenters. The van der Waals surface area contributed by atoms with Gasteiger partial charge in [0, 0.05) is 0 Å². The number of aromatic carboxylic acids is 1. The summed E-state index contributed by atoms with van der Waals surface area (Å²) in [6.07, 6.45) is -4.18. The molecule has 3 aromatic rings. The van der Waals surface area contributed by atoms with Crippen molar-refractivity contribution in [1.82, 2.24) is 0 Å². The average molecular weight is 385 g/mol. The molecule has 0 radical (unpaired) electrons. The fourth-order valence-electron chi connectivity index (χ4n) is 2.71. The number of hydrogen-bond acceptors (Lipinski definition) is 2. The van der Waals surface area contributed by atoms with Crippen LogP contribution in [0.5, 0.6) is 0 Å². The first-order chi connectivity index (χ1) is 13.3. The maximum absolute atomic E-state index is 13.5. The topological polar surface area (TPSA) is 66.4 Å². The van der Waals surface area contributed by atoms with E-state index in [1.54, 1.807) is 24.3 Å². The standard InChI is InChI=1S/C21H14F3NO3/c22-21(23,24)17(12-13-9-10-14-5-1-2-6-15(14)11-13)19(26)25-18-8-4-3-7-16(18)20(27)28/h1-12H,(H,25,26)(H,27,28)/b17-12-. The molecule has 28 heavy (non-hydrogen) atoms. The highest BCUT2D eigenvalue weighted by atomic mass is 19.4. The van der Waals surface area contributed by atoms with E-state index in [9.17, 15) is 22.8 Å². The van der Waals surface area contributed by atoms with E-state index in [0.717, 1.165) is 16.8 Å². The number of anilines is 1. The minimum absolute atomic E-state index is 0.202. The number of hydrogen-bond donors (Lipinski definition) is 2. The van der Waals surface area contributed by atoms with Gasteiger partial charge in [0.25, 0.3) is 5.91 Å². The maximum atomic E-state index is 13.5. The van der Waals surface area contributed by atoms with Crippen molar-refractivity contribution < 1.29 is 27.9 Å². The summed E-state index contributed by atoms with van der Waals surface area (Å²) in [4.78, 5) is 23.5. The quantitative estimate of drug-likeness (QED) is 0.613. The maximum Gasteiger partial charge on any atom is 0.421 e.